The van der Waals surface area contributed by atoms with Crippen LogP contribution in [-0.4, -0.2) is 10.1 Å². The van der Waals surface area contributed by atoms with Crippen LogP contribution in [0.15, 0.2) is 59.3 Å². The number of hydrogen-bond donors (Lipinski definition) is 1. The molecule has 2 aromatic carbocycles. The maximum absolute atomic E-state index is 13.6. The van der Waals surface area contributed by atoms with Gasteiger partial charge in [0.15, 0.2) is 0 Å². The van der Waals surface area contributed by atoms with Crippen LogP contribution in [0.2, 0.25) is 0 Å². The van der Waals surface area contributed by atoms with Crippen LogP contribution in [0, 0.1) is 5.82 Å². The van der Waals surface area contributed by atoms with E-state index in [1.807, 2.05) is 24.3 Å². The molecule has 0 radical (unpaired) electrons. The van der Waals surface area contributed by atoms with Crippen molar-refractivity contribution < 1.29 is 9.50 Å². The minimum Gasteiger partial charge on any atom is -0.384 e. The zero-order valence-corrected chi connectivity index (χ0v) is 12.0. The number of halogens is 2. The smallest absolute Gasteiger partial charge is 0.137 e. The highest BCUT2D eigenvalue weighted by atomic mass is 79.9. The molecule has 0 saturated carbocycles. The lowest BCUT2D eigenvalue weighted by Crippen LogP contribution is -2.02. The largest absolute Gasteiger partial charge is 0.384 e. The predicted molar refractivity (Wildman–Crippen MR) is 79.9 cm³/mol. The second kappa shape index (κ2) is 5.31. The van der Waals surface area contributed by atoms with Crippen molar-refractivity contribution in [2.24, 2.45) is 0 Å². The van der Waals surface area contributed by atoms with E-state index in [-0.39, 0.29) is 10.3 Å². The maximum atomic E-state index is 13.6. The van der Waals surface area contributed by atoms with Crippen LogP contribution < -0.4 is 0 Å². The average molecular weight is 332 g/mol. The van der Waals surface area contributed by atoms with Gasteiger partial charge in [-0.05, 0) is 39.0 Å². The fourth-order valence-electron chi connectivity index (χ4n) is 2.27. The van der Waals surface area contributed by atoms with Crippen molar-refractivity contribution >= 4 is 26.7 Å². The third kappa shape index (κ3) is 2.21. The zero-order chi connectivity index (χ0) is 14.1. The summed E-state index contributed by atoms with van der Waals surface area (Å²) in [7, 11) is 0. The van der Waals surface area contributed by atoms with E-state index >= 15 is 0 Å². The Hall–Kier alpha value is -1.78. The SMILES string of the molecule is OC(c1cccc(F)c1Br)c1cccc2ccncc12. The number of aliphatic hydroxyl groups excluding tert-OH is 1. The van der Waals surface area contributed by atoms with Gasteiger partial charge < -0.3 is 5.11 Å². The fourth-order valence-corrected chi connectivity index (χ4v) is 2.76. The highest BCUT2D eigenvalue weighted by Crippen LogP contribution is 2.33. The molecule has 1 aromatic heterocycles. The summed E-state index contributed by atoms with van der Waals surface area (Å²) in [5.74, 6) is -0.389. The van der Waals surface area contributed by atoms with E-state index < -0.39 is 6.10 Å². The van der Waals surface area contributed by atoms with E-state index in [0.717, 1.165) is 10.8 Å². The van der Waals surface area contributed by atoms with Gasteiger partial charge in [0.1, 0.15) is 11.9 Å². The molecule has 0 aliphatic heterocycles. The number of aliphatic hydroxyl groups is 1. The third-order valence-electron chi connectivity index (χ3n) is 3.29. The van der Waals surface area contributed by atoms with Crippen molar-refractivity contribution in [2.75, 3.05) is 0 Å². The summed E-state index contributed by atoms with van der Waals surface area (Å²) >= 11 is 3.19. The van der Waals surface area contributed by atoms with E-state index in [1.54, 1.807) is 24.5 Å². The number of aromatic nitrogens is 1. The Balaban J connectivity index is 2.18. The van der Waals surface area contributed by atoms with Crippen molar-refractivity contribution in [3.63, 3.8) is 0 Å². The molecule has 0 aliphatic carbocycles. The normalized spacial score (nSPS) is 12.6. The molecule has 0 bridgehead atoms. The minimum atomic E-state index is -0.909. The van der Waals surface area contributed by atoms with Gasteiger partial charge in [0.25, 0.3) is 0 Å². The molecular weight excluding hydrogens is 321 g/mol. The van der Waals surface area contributed by atoms with Crippen molar-refractivity contribution in [2.45, 2.75) is 6.10 Å². The van der Waals surface area contributed by atoms with Crippen LogP contribution in [0.4, 0.5) is 4.39 Å². The molecule has 1 heterocycles. The van der Waals surface area contributed by atoms with Gasteiger partial charge in [-0.25, -0.2) is 4.39 Å². The Morgan fingerprint density at radius 2 is 1.80 bits per heavy atom. The predicted octanol–water partition coefficient (Wildman–Crippen LogP) is 4.22. The van der Waals surface area contributed by atoms with Crippen LogP contribution in [-0.2, 0) is 0 Å². The number of benzene rings is 2. The highest BCUT2D eigenvalue weighted by Gasteiger charge is 2.17. The van der Waals surface area contributed by atoms with Gasteiger partial charge in [-0.1, -0.05) is 30.3 Å². The first-order valence-electron chi connectivity index (χ1n) is 6.13. The summed E-state index contributed by atoms with van der Waals surface area (Å²) in [6.45, 7) is 0. The van der Waals surface area contributed by atoms with Gasteiger partial charge in [0.05, 0.1) is 4.47 Å². The molecule has 100 valence electrons. The summed E-state index contributed by atoms with van der Waals surface area (Å²) in [5, 5.41) is 12.4. The quantitative estimate of drug-likeness (QED) is 0.762. The molecule has 20 heavy (non-hydrogen) atoms. The maximum Gasteiger partial charge on any atom is 0.137 e. The first-order valence-corrected chi connectivity index (χ1v) is 6.92. The number of pyridine rings is 1. The standard InChI is InChI=1S/C16H11BrFNO/c17-15-12(5-2-6-14(15)18)16(20)11-4-1-3-10-7-8-19-9-13(10)11/h1-9,16,20H. The lowest BCUT2D eigenvalue weighted by Gasteiger charge is -2.15. The first-order chi connectivity index (χ1) is 9.68. The Labute approximate surface area is 124 Å². The first kappa shape index (κ1) is 13.2. The van der Waals surface area contributed by atoms with Crippen LogP contribution >= 0.6 is 15.9 Å². The summed E-state index contributed by atoms with van der Waals surface area (Å²) in [6, 6.07) is 12.2. The van der Waals surface area contributed by atoms with Crippen LogP contribution in [0.5, 0.6) is 0 Å². The van der Waals surface area contributed by atoms with E-state index in [2.05, 4.69) is 20.9 Å². The molecule has 3 aromatic rings. The van der Waals surface area contributed by atoms with Gasteiger partial charge in [0.2, 0.25) is 0 Å². The van der Waals surface area contributed by atoms with E-state index in [9.17, 15) is 9.50 Å². The summed E-state index contributed by atoms with van der Waals surface area (Å²) in [4.78, 5) is 4.09. The molecule has 0 fully saturated rings. The Kier molecular flexibility index (Phi) is 3.51. The van der Waals surface area contributed by atoms with Gasteiger partial charge in [-0.15, -0.1) is 0 Å². The van der Waals surface area contributed by atoms with Crippen LogP contribution in [0.3, 0.4) is 0 Å². The Morgan fingerprint density at radius 3 is 2.65 bits per heavy atom. The number of hydrogen-bond acceptors (Lipinski definition) is 2. The lowest BCUT2D eigenvalue weighted by atomic mass is 9.97. The molecule has 1 atom stereocenters. The van der Waals surface area contributed by atoms with Gasteiger partial charge >= 0.3 is 0 Å². The van der Waals surface area contributed by atoms with Gasteiger partial charge in [-0.3, -0.25) is 4.98 Å². The summed E-state index contributed by atoms with van der Waals surface area (Å²) < 4.78 is 13.9. The molecule has 3 rings (SSSR count). The van der Waals surface area contributed by atoms with Gasteiger partial charge in [0, 0.05) is 23.3 Å². The Bertz CT molecular complexity index is 770. The summed E-state index contributed by atoms with van der Waals surface area (Å²) in [5.41, 5.74) is 1.21. The molecule has 0 saturated heterocycles. The summed E-state index contributed by atoms with van der Waals surface area (Å²) in [6.07, 6.45) is 2.51. The lowest BCUT2D eigenvalue weighted by molar-refractivity contribution is 0.220. The fraction of sp³-hybridized carbons (Fsp3) is 0.0625. The molecule has 1 unspecified atom stereocenters. The molecule has 0 aliphatic rings. The second-order valence-corrected chi connectivity index (χ2v) is 5.28. The van der Waals surface area contributed by atoms with Crippen molar-refractivity contribution in [1.29, 1.82) is 0 Å². The average Bonchev–Trinajstić information content (AvgIpc) is 2.49. The molecular formula is C16H11BrFNO. The van der Waals surface area contributed by atoms with E-state index in [1.165, 1.54) is 6.07 Å². The van der Waals surface area contributed by atoms with Crippen LogP contribution in [0.25, 0.3) is 10.8 Å². The zero-order valence-electron chi connectivity index (χ0n) is 10.4. The number of nitrogens with zero attached hydrogens (tertiary/aromatic N) is 1. The molecule has 0 amide bonds. The molecule has 1 N–H and O–H groups in total. The molecule has 2 nitrogen and oxygen atoms in total. The van der Waals surface area contributed by atoms with E-state index in [0.29, 0.717) is 11.1 Å². The van der Waals surface area contributed by atoms with E-state index in [4.69, 9.17) is 0 Å². The van der Waals surface area contributed by atoms with Crippen molar-refractivity contribution in [3.8, 4) is 0 Å². The van der Waals surface area contributed by atoms with Gasteiger partial charge in [-0.2, -0.15) is 0 Å². The second-order valence-electron chi connectivity index (χ2n) is 4.49. The number of rotatable bonds is 2. The topological polar surface area (TPSA) is 33.1 Å². The minimum absolute atomic E-state index is 0.286. The highest BCUT2D eigenvalue weighted by molar-refractivity contribution is 9.10. The van der Waals surface area contributed by atoms with Crippen LogP contribution in [0.1, 0.15) is 17.2 Å². The molecule has 0 spiro atoms. The Morgan fingerprint density at radius 1 is 1.05 bits per heavy atom. The number of fused-ring (bicyclic) bond motifs is 1. The molecule has 4 heteroatoms. The monoisotopic (exact) mass is 331 g/mol. The third-order valence-corrected chi connectivity index (χ3v) is 4.12. The van der Waals surface area contributed by atoms with Crippen molar-refractivity contribution in [3.05, 3.63) is 76.3 Å². The van der Waals surface area contributed by atoms with Crippen molar-refractivity contribution in [1.82, 2.24) is 4.98 Å².